The van der Waals surface area contributed by atoms with Crippen molar-refractivity contribution in [3.05, 3.63) is 39.9 Å². The van der Waals surface area contributed by atoms with E-state index in [9.17, 15) is 9.59 Å². The normalized spacial score (nSPS) is 18.7. The molecule has 6 heteroatoms. The minimum Gasteiger partial charge on any atom is -0.480 e. The third-order valence-corrected chi connectivity index (χ3v) is 3.75. The molecule has 1 aromatic carbocycles. The molecule has 1 heterocycles. The second-order valence-electron chi connectivity index (χ2n) is 4.53. The summed E-state index contributed by atoms with van der Waals surface area (Å²) in [7, 11) is 0. The van der Waals surface area contributed by atoms with Crippen LogP contribution in [0.4, 0.5) is 0 Å². The average molecular weight is 314 g/mol. The lowest BCUT2D eigenvalue weighted by Crippen LogP contribution is -2.39. The van der Waals surface area contributed by atoms with E-state index >= 15 is 0 Å². The monoisotopic (exact) mass is 313 g/mol. The number of carboxylic acids is 1. The zero-order valence-electron chi connectivity index (χ0n) is 10.6. The number of hydrogen-bond acceptors (Lipinski definition) is 2. The molecule has 106 valence electrons. The summed E-state index contributed by atoms with van der Waals surface area (Å²) in [6.45, 7) is 0.467. The molecule has 1 N–H and O–H groups in total. The Morgan fingerprint density at radius 3 is 2.75 bits per heavy atom. The molecule has 20 heavy (non-hydrogen) atoms. The van der Waals surface area contributed by atoms with Crippen LogP contribution in [0.2, 0.25) is 10.0 Å². The Morgan fingerprint density at radius 2 is 2.10 bits per heavy atom. The van der Waals surface area contributed by atoms with E-state index in [1.54, 1.807) is 24.3 Å². The molecule has 1 aromatic rings. The SMILES string of the molecule is O=C(O)C1CCCN1C(=O)/C=C/c1ccc(Cl)cc1Cl. The summed E-state index contributed by atoms with van der Waals surface area (Å²) in [5.74, 6) is -1.28. The van der Waals surface area contributed by atoms with Crippen molar-refractivity contribution < 1.29 is 14.7 Å². The first kappa shape index (κ1) is 14.9. The van der Waals surface area contributed by atoms with Crippen LogP contribution in [-0.2, 0) is 9.59 Å². The van der Waals surface area contributed by atoms with Crippen LogP contribution < -0.4 is 0 Å². The van der Waals surface area contributed by atoms with E-state index in [4.69, 9.17) is 28.3 Å². The average Bonchev–Trinajstić information content (AvgIpc) is 2.86. The number of rotatable bonds is 3. The lowest BCUT2D eigenvalue weighted by Gasteiger charge is -2.19. The molecule has 4 nitrogen and oxygen atoms in total. The maximum absolute atomic E-state index is 12.0. The second kappa shape index (κ2) is 6.29. The van der Waals surface area contributed by atoms with Crippen molar-refractivity contribution in [2.24, 2.45) is 0 Å². The van der Waals surface area contributed by atoms with Gasteiger partial charge in [-0.3, -0.25) is 4.79 Å². The number of halogens is 2. The fraction of sp³-hybridized carbons (Fsp3) is 0.286. The Kier molecular flexibility index (Phi) is 4.68. The van der Waals surface area contributed by atoms with Crippen molar-refractivity contribution in [3.63, 3.8) is 0 Å². The van der Waals surface area contributed by atoms with Gasteiger partial charge in [0.25, 0.3) is 0 Å². The molecule has 1 aliphatic rings. The number of carbonyl (C=O) groups is 2. The van der Waals surface area contributed by atoms with Crippen LogP contribution in [0.1, 0.15) is 18.4 Å². The van der Waals surface area contributed by atoms with Crippen molar-refractivity contribution in [3.8, 4) is 0 Å². The van der Waals surface area contributed by atoms with Gasteiger partial charge in [0.05, 0.1) is 0 Å². The predicted molar refractivity (Wildman–Crippen MR) is 77.9 cm³/mol. The number of amides is 1. The quantitative estimate of drug-likeness (QED) is 0.872. The van der Waals surface area contributed by atoms with E-state index in [1.807, 2.05) is 0 Å². The molecular weight excluding hydrogens is 301 g/mol. The van der Waals surface area contributed by atoms with E-state index in [2.05, 4.69) is 0 Å². The summed E-state index contributed by atoms with van der Waals surface area (Å²) in [6.07, 6.45) is 4.11. The zero-order chi connectivity index (χ0) is 14.7. The maximum Gasteiger partial charge on any atom is 0.326 e. The molecule has 1 amide bonds. The van der Waals surface area contributed by atoms with Crippen molar-refractivity contribution >= 4 is 41.2 Å². The first-order chi connectivity index (χ1) is 9.49. The molecule has 0 radical (unpaired) electrons. The number of likely N-dealkylation sites (tertiary alicyclic amines) is 1. The van der Waals surface area contributed by atoms with Crippen molar-refractivity contribution in [1.29, 1.82) is 0 Å². The Bertz CT molecular complexity index is 572. The van der Waals surface area contributed by atoms with Crippen molar-refractivity contribution in [2.75, 3.05) is 6.54 Å². The highest BCUT2D eigenvalue weighted by atomic mass is 35.5. The lowest BCUT2D eigenvalue weighted by atomic mass is 10.2. The number of nitrogens with zero attached hydrogens (tertiary/aromatic N) is 1. The molecular formula is C14H13Cl2NO3. The van der Waals surface area contributed by atoms with Crippen LogP contribution in [0.5, 0.6) is 0 Å². The molecule has 0 saturated carbocycles. The topological polar surface area (TPSA) is 57.6 Å². The van der Waals surface area contributed by atoms with Gasteiger partial charge in [0, 0.05) is 22.7 Å². The van der Waals surface area contributed by atoms with Gasteiger partial charge in [-0.15, -0.1) is 0 Å². The van der Waals surface area contributed by atoms with Gasteiger partial charge in [-0.1, -0.05) is 29.3 Å². The van der Waals surface area contributed by atoms with Crippen LogP contribution in [0.3, 0.4) is 0 Å². The number of hydrogen-bond donors (Lipinski definition) is 1. The smallest absolute Gasteiger partial charge is 0.326 e. The zero-order valence-corrected chi connectivity index (χ0v) is 12.1. The van der Waals surface area contributed by atoms with Crippen LogP contribution >= 0.6 is 23.2 Å². The number of carbonyl (C=O) groups excluding carboxylic acids is 1. The number of aliphatic carboxylic acids is 1. The highest BCUT2D eigenvalue weighted by Gasteiger charge is 2.32. The molecule has 1 aliphatic heterocycles. The Labute approximate surface area is 126 Å². The van der Waals surface area contributed by atoms with Gasteiger partial charge in [-0.25, -0.2) is 4.79 Å². The summed E-state index contributed by atoms with van der Waals surface area (Å²) in [5, 5.41) is 10.00. The molecule has 1 unspecified atom stereocenters. The molecule has 0 aromatic heterocycles. The summed E-state index contributed by atoms with van der Waals surface area (Å²) in [6, 6.07) is 4.23. The molecule has 0 aliphatic carbocycles. The van der Waals surface area contributed by atoms with E-state index < -0.39 is 12.0 Å². The largest absolute Gasteiger partial charge is 0.480 e. The van der Waals surface area contributed by atoms with E-state index in [0.29, 0.717) is 35.0 Å². The fourth-order valence-electron chi connectivity index (χ4n) is 2.18. The summed E-state index contributed by atoms with van der Waals surface area (Å²) >= 11 is 11.8. The van der Waals surface area contributed by atoms with E-state index in [-0.39, 0.29) is 5.91 Å². The maximum atomic E-state index is 12.0. The standard InChI is InChI=1S/C14H13Cl2NO3/c15-10-5-3-9(11(16)8-10)4-6-13(18)17-7-1-2-12(17)14(19)20/h3-6,8,12H,1-2,7H2,(H,19,20)/b6-4+. The van der Waals surface area contributed by atoms with Crippen molar-refractivity contribution in [1.82, 2.24) is 4.90 Å². The molecule has 1 saturated heterocycles. The molecule has 0 bridgehead atoms. The Hall–Kier alpha value is -1.52. The highest BCUT2D eigenvalue weighted by molar-refractivity contribution is 6.35. The van der Waals surface area contributed by atoms with Gasteiger partial charge in [0.2, 0.25) is 5.91 Å². The Morgan fingerprint density at radius 1 is 1.35 bits per heavy atom. The molecule has 1 atom stereocenters. The molecule has 1 fully saturated rings. The first-order valence-electron chi connectivity index (χ1n) is 6.15. The van der Waals surface area contributed by atoms with Gasteiger partial charge in [0.1, 0.15) is 6.04 Å². The van der Waals surface area contributed by atoms with Crippen LogP contribution in [0.15, 0.2) is 24.3 Å². The third-order valence-electron chi connectivity index (χ3n) is 3.19. The lowest BCUT2D eigenvalue weighted by molar-refractivity contribution is -0.146. The minimum absolute atomic E-state index is 0.319. The van der Waals surface area contributed by atoms with Crippen LogP contribution in [0.25, 0.3) is 6.08 Å². The van der Waals surface area contributed by atoms with E-state index in [1.165, 1.54) is 11.0 Å². The van der Waals surface area contributed by atoms with Crippen LogP contribution in [0, 0.1) is 0 Å². The van der Waals surface area contributed by atoms with Gasteiger partial charge in [-0.05, 0) is 36.6 Å². The van der Waals surface area contributed by atoms with Gasteiger partial charge >= 0.3 is 5.97 Å². The first-order valence-corrected chi connectivity index (χ1v) is 6.91. The molecule has 2 rings (SSSR count). The summed E-state index contributed by atoms with van der Waals surface area (Å²) in [4.78, 5) is 24.4. The van der Waals surface area contributed by atoms with Gasteiger partial charge in [0.15, 0.2) is 0 Å². The fourth-order valence-corrected chi connectivity index (χ4v) is 2.65. The number of benzene rings is 1. The Balaban J connectivity index is 2.11. The highest BCUT2D eigenvalue weighted by Crippen LogP contribution is 2.23. The van der Waals surface area contributed by atoms with Crippen LogP contribution in [-0.4, -0.2) is 34.5 Å². The minimum atomic E-state index is -0.964. The predicted octanol–water partition coefficient (Wildman–Crippen LogP) is 3.08. The summed E-state index contributed by atoms with van der Waals surface area (Å²) in [5.41, 5.74) is 0.662. The third kappa shape index (κ3) is 3.32. The molecule has 0 spiro atoms. The number of carboxylic acid groups (broad SMARTS) is 1. The van der Waals surface area contributed by atoms with Gasteiger partial charge in [-0.2, -0.15) is 0 Å². The second-order valence-corrected chi connectivity index (χ2v) is 5.37. The van der Waals surface area contributed by atoms with Crippen molar-refractivity contribution in [2.45, 2.75) is 18.9 Å². The van der Waals surface area contributed by atoms with E-state index in [0.717, 1.165) is 0 Å². The summed E-state index contributed by atoms with van der Waals surface area (Å²) < 4.78 is 0. The van der Waals surface area contributed by atoms with Gasteiger partial charge < -0.3 is 10.0 Å².